The average Bonchev–Trinajstić information content (AvgIpc) is 3.28. The molecule has 26 heavy (non-hydrogen) atoms. The van der Waals surface area contributed by atoms with Crippen molar-refractivity contribution in [3.63, 3.8) is 0 Å². The van der Waals surface area contributed by atoms with Gasteiger partial charge >= 0.3 is 12.3 Å². The molecule has 0 saturated heterocycles. The van der Waals surface area contributed by atoms with Crippen LogP contribution in [-0.4, -0.2) is 15.0 Å². The van der Waals surface area contributed by atoms with Crippen LogP contribution in [0.1, 0.15) is 11.1 Å². The summed E-state index contributed by atoms with van der Waals surface area (Å²) < 4.78 is 56.0. The average molecular weight is 361 g/mol. The van der Waals surface area contributed by atoms with Crippen LogP contribution in [0.5, 0.6) is 6.08 Å². The summed E-state index contributed by atoms with van der Waals surface area (Å²) in [6.07, 6.45) is -0.445. The van der Waals surface area contributed by atoms with Crippen LogP contribution in [0.25, 0.3) is 22.7 Å². The maximum absolute atomic E-state index is 13.4. The second-order valence-corrected chi connectivity index (χ2v) is 5.31. The first-order valence-electron chi connectivity index (χ1n) is 7.45. The molecular weight excluding hydrogens is 351 g/mol. The molecule has 0 bridgehead atoms. The van der Waals surface area contributed by atoms with Crippen molar-refractivity contribution in [2.45, 2.75) is 12.8 Å². The zero-order valence-corrected chi connectivity index (χ0v) is 13.0. The summed E-state index contributed by atoms with van der Waals surface area (Å²) in [5.41, 5.74) is -0.918. The summed E-state index contributed by atoms with van der Waals surface area (Å²) in [6.45, 7) is 0.0712. The third-order valence-electron chi connectivity index (χ3n) is 3.54. The van der Waals surface area contributed by atoms with E-state index in [0.717, 1.165) is 11.6 Å². The highest BCUT2D eigenvalue weighted by Gasteiger charge is 2.36. The van der Waals surface area contributed by atoms with Gasteiger partial charge in [-0.25, -0.2) is 4.98 Å². The van der Waals surface area contributed by atoms with Gasteiger partial charge in [0.05, 0.1) is 11.8 Å². The number of pyridine rings is 2. The van der Waals surface area contributed by atoms with E-state index in [1.165, 1.54) is 12.3 Å². The number of hydrogen-bond donors (Lipinski definition) is 0. The lowest BCUT2D eigenvalue weighted by atomic mass is 10.1. The summed E-state index contributed by atoms with van der Waals surface area (Å²) in [7, 11) is 0. The van der Waals surface area contributed by atoms with E-state index in [4.69, 9.17) is 13.6 Å². The van der Waals surface area contributed by atoms with Gasteiger partial charge in [-0.05, 0) is 35.9 Å². The number of ether oxygens (including phenoxy) is 1. The van der Waals surface area contributed by atoms with Crippen molar-refractivity contribution in [3.05, 3.63) is 60.1 Å². The number of furan rings is 1. The van der Waals surface area contributed by atoms with Crippen molar-refractivity contribution in [1.82, 2.24) is 15.0 Å². The number of alkyl halides is 3. The van der Waals surface area contributed by atoms with E-state index < -0.39 is 17.3 Å². The standard InChI is InChI=1S/C17H10F3N3O3/c18-17(19,20)11-8-12(13-2-1-7-24-13)22-15-14(11)23-16(26-15)25-9-10-3-5-21-6-4-10/h1-8H,9H2. The molecular formula is C17H10F3N3O3. The van der Waals surface area contributed by atoms with Gasteiger partial charge in [0.25, 0.3) is 5.71 Å². The zero-order valence-electron chi connectivity index (χ0n) is 13.0. The third-order valence-corrected chi connectivity index (χ3v) is 3.54. The molecule has 4 heterocycles. The molecule has 0 saturated carbocycles. The maximum Gasteiger partial charge on any atom is 0.418 e. The minimum Gasteiger partial charge on any atom is -0.463 e. The van der Waals surface area contributed by atoms with Crippen molar-refractivity contribution in [2.24, 2.45) is 0 Å². The Labute approximate surface area is 144 Å². The van der Waals surface area contributed by atoms with Crippen LogP contribution in [0, 0.1) is 0 Å². The Morgan fingerprint density at radius 1 is 1.08 bits per heavy atom. The van der Waals surface area contributed by atoms with E-state index in [1.54, 1.807) is 30.6 Å². The molecule has 0 atom stereocenters. The Balaban J connectivity index is 1.74. The van der Waals surface area contributed by atoms with Crippen LogP contribution in [0.2, 0.25) is 0 Å². The molecule has 0 spiro atoms. The number of rotatable bonds is 4. The van der Waals surface area contributed by atoms with Gasteiger partial charge < -0.3 is 13.6 Å². The molecule has 6 nitrogen and oxygen atoms in total. The molecule has 0 aromatic carbocycles. The smallest absolute Gasteiger partial charge is 0.418 e. The van der Waals surface area contributed by atoms with Gasteiger partial charge in [-0.15, -0.1) is 0 Å². The van der Waals surface area contributed by atoms with E-state index in [2.05, 4.69) is 15.0 Å². The van der Waals surface area contributed by atoms with Crippen molar-refractivity contribution in [2.75, 3.05) is 0 Å². The van der Waals surface area contributed by atoms with Crippen LogP contribution in [0.15, 0.2) is 57.8 Å². The van der Waals surface area contributed by atoms with Crippen molar-refractivity contribution in [1.29, 1.82) is 0 Å². The normalized spacial score (nSPS) is 11.8. The predicted molar refractivity (Wildman–Crippen MR) is 83.1 cm³/mol. The topological polar surface area (TPSA) is 74.2 Å². The van der Waals surface area contributed by atoms with Crippen molar-refractivity contribution >= 4 is 11.2 Å². The van der Waals surface area contributed by atoms with E-state index in [0.29, 0.717) is 0 Å². The predicted octanol–water partition coefficient (Wildman–Crippen LogP) is 4.48. The van der Waals surface area contributed by atoms with Crippen molar-refractivity contribution < 1.29 is 26.7 Å². The molecule has 0 N–H and O–H groups in total. The summed E-state index contributed by atoms with van der Waals surface area (Å²) in [5, 5.41) is 0. The van der Waals surface area contributed by atoms with E-state index >= 15 is 0 Å². The number of halogens is 3. The lowest BCUT2D eigenvalue weighted by Gasteiger charge is -2.07. The Kier molecular flexibility index (Phi) is 3.83. The van der Waals surface area contributed by atoms with Gasteiger partial charge in [0.2, 0.25) is 0 Å². The summed E-state index contributed by atoms with van der Waals surface area (Å²) in [6, 6.07) is 7.34. The minimum atomic E-state index is -4.64. The second-order valence-electron chi connectivity index (χ2n) is 5.31. The Morgan fingerprint density at radius 3 is 2.58 bits per heavy atom. The highest BCUT2D eigenvalue weighted by molar-refractivity contribution is 5.77. The molecule has 0 aliphatic rings. The van der Waals surface area contributed by atoms with Crippen LogP contribution in [-0.2, 0) is 12.8 Å². The van der Waals surface area contributed by atoms with Crippen LogP contribution < -0.4 is 4.74 Å². The quantitative estimate of drug-likeness (QED) is 0.534. The number of aromatic nitrogens is 3. The molecule has 0 radical (unpaired) electrons. The van der Waals surface area contributed by atoms with Crippen LogP contribution in [0.4, 0.5) is 13.2 Å². The highest BCUT2D eigenvalue weighted by atomic mass is 19.4. The van der Waals surface area contributed by atoms with Gasteiger partial charge in [0.1, 0.15) is 17.8 Å². The number of nitrogens with zero attached hydrogens (tertiary/aromatic N) is 3. The lowest BCUT2D eigenvalue weighted by molar-refractivity contribution is -0.136. The van der Waals surface area contributed by atoms with Gasteiger partial charge in [-0.2, -0.15) is 18.2 Å². The minimum absolute atomic E-state index is 0.00772. The molecule has 0 amide bonds. The molecule has 4 aromatic heterocycles. The fourth-order valence-corrected chi connectivity index (χ4v) is 2.34. The zero-order chi connectivity index (χ0) is 18.1. The number of hydrogen-bond acceptors (Lipinski definition) is 6. The third kappa shape index (κ3) is 3.10. The van der Waals surface area contributed by atoms with Gasteiger partial charge in [0, 0.05) is 12.4 Å². The fourth-order valence-electron chi connectivity index (χ4n) is 2.34. The van der Waals surface area contributed by atoms with Crippen molar-refractivity contribution in [3.8, 4) is 17.5 Å². The number of oxazole rings is 1. The molecule has 4 aromatic rings. The second kappa shape index (κ2) is 6.17. The Hall–Kier alpha value is -3.36. The van der Waals surface area contributed by atoms with E-state index in [9.17, 15) is 13.2 Å². The summed E-state index contributed by atoms with van der Waals surface area (Å²) >= 11 is 0. The monoisotopic (exact) mass is 361 g/mol. The largest absolute Gasteiger partial charge is 0.463 e. The first-order valence-corrected chi connectivity index (χ1v) is 7.45. The van der Waals surface area contributed by atoms with E-state index in [1.807, 2.05) is 0 Å². The van der Waals surface area contributed by atoms with Gasteiger partial charge in [-0.1, -0.05) is 0 Å². The molecule has 4 rings (SSSR count). The Bertz CT molecular complexity index is 1030. The molecule has 0 aliphatic heterocycles. The van der Waals surface area contributed by atoms with Crippen LogP contribution in [0.3, 0.4) is 0 Å². The van der Waals surface area contributed by atoms with Gasteiger partial charge in [-0.3, -0.25) is 4.98 Å². The van der Waals surface area contributed by atoms with Gasteiger partial charge in [0.15, 0.2) is 5.76 Å². The lowest BCUT2D eigenvalue weighted by Crippen LogP contribution is -2.07. The summed E-state index contributed by atoms with van der Waals surface area (Å²) in [4.78, 5) is 11.7. The number of fused-ring (bicyclic) bond motifs is 1. The molecule has 0 fully saturated rings. The van der Waals surface area contributed by atoms with E-state index in [-0.39, 0.29) is 29.9 Å². The highest BCUT2D eigenvalue weighted by Crippen LogP contribution is 2.37. The fraction of sp³-hybridized carbons (Fsp3) is 0.118. The van der Waals surface area contributed by atoms with Crippen LogP contribution >= 0.6 is 0 Å². The molecule has 0 aliphatic carbocycles. The molecule has 0 unspecified atom stereocenters. The molecule has 132 valence electrons. The summed E-state index contributed by atoms with van der Waals surface area (Å²) in [5.74, 6) is 0.188. The Morgan fingerprint density at radius 2 is 1.88 bits per heavy atom. The first kappa shape index (κ1) is 16.1. The maximum atomic E-state index is 13.4. The molecule has 9 heteroatoms. The first-order chi connectivity index (χ1) is 12.5. The SMILES string of the molecule is FC(F)(F)c1cc(-c2ccco2)nc2oc(OCc3ccncc3)nc12.